The lowest BCUT2D eigenvalue weighted by Gasteiger charge is -2.10. The Morgan fingerprint density at radius 3 is 1.89 bits per heavy atom. The van der Waals surface area contributed by atoms with Gasteiger partial charge in [0.2, 0.25) is 0 Å². The maximum Gasteiger partial charge on any atom is 0.303 e. The van der Waals surface area contributed by atoms with Crippen LogP contribution in [0.1, 0.15) is 102 Å². The van der Waals surface area contributed by atoms with Crippen LogP contribution in [0.4, 0.5) is 0 Å². The first-order chi connectivity index (χ1) is 13.2. The number of hydrogen-bond acceptors (Lipinski definition) is 2. The summed E-state index contributed by atoms with van der Waals surface area (Å²) < 4.78 is 5.88. The van der Waals surface area contributed by atoms with E-state index in [1.54, 1.807) is 0 Å². The van der Waals surface area contributed by atoms with Gasteiger partial charge in [-0.2, -0.15) is 0 Å². The van der Waals surface area contributed by atoms with Gasteiger partial charge in [-0.05, 0) is 24.5 Å². The Labute approximate surface area is 166 Å². The summed E-state index contributed by atoms with van der Waals surface area (Å²) in [6.07, 6.45) is 18.2. The van der Waals surface area contributed by atoms with Gasteiger partial charge in [-0.25, -0.2) is 0 Å². The van der Waals surface area contributed by atoms with E-state index in [-0.39, 0.29) is 6.42 Å². The molecule has 3 heteroatoms. The fourth-order valence-electron chi connectivity index (χ4n) is 3.39. The zero-order valence-corrected chi connectivity index (χ0v) is 17.4. The van der Waals surface area contributed by atoms with Crippen LogP contribution in [-0.4, -0.2) is 17.7 Å². The number of carboxylic acid groups (broad SMARTS) is 1. The molecular weight excluding hydrogens is 336 g/mol. The van der Waals surface area contributed by atoms with E-state index >= 15 is 0 Å². The van der Waals surface area contributed by atoms with Crippen molar-refractivity contribution in [1.82, 2.24) is 0 Å². The van der Waals surface area contributed by atoms with E-state index in [1.165, 1.54) is 77.0 Å². The van der Waals surface area contributed by atoms with Crippen LogP contribution in [0.15, 0.2) is 24.3 Å². The summed E-state index contributed by atoms with van der Waals surface area (Å²) in [5.74, 6) is 0.0824. The molecular formula is C24H40O3. The minimum atomic E-state index is -0.763. The number of rotatable bonds is 18. The number of carboxylic acids is 1. The van der Waals surface area contributed by atoms with Crippen LogP contribution in [0.5, 0.6) is 5.75 Å². The van der Waals surface area contributed by atoms with Crippen LogP contribution in [0.25, 0.3) is 0 Å². The zero-order chi connectivity index (χ0) is 19.6. The lowest BCUT2D eigenvalue weighted by atomic mass is 10.0. The van der Waals surface area contributed by atoms with Gasteiger partial charge in [-0.1, -0.05) is 102 Å². The van der Waals surface area contributed by atoms with Crippen molar-refractivity contribution in [2.45, 2.75) is 103 Å². The number of unbranched alkanes of at least 4 members (excludes halogenated alkanes) is 12. The Balaban J connectivity index is 1.95. The Bertz CT molecular complexity index is 484. The fourth-order valence-corrected chi connectivity index (χ4v) is 3.39. The molecule has 0 amide bonds. The van der Waals surface area contributed by atoms with Crippen LogP contribution >= 0.6 is 0 Å². The average molecular weight is 377 g/mol. The quantitative estimate of drug-likeness (QED) is 0.276. The summed E-state index contributed by atoms with van der Waals surface area (Å²) in [5.41, 5.74) is 0.995. The van der Waals surface area contributed by atoms with Gasteiger partial charge in [0, 0.05) is 6.42 Å². The molecule has 0 aromatic heterocycles. The van der Waals surface area contributed by atoms with Crippen molar-refractivity contribution < 1.29 is 14.6 Å². The summed E-state index contributed by atoms with van der Waals surface area (Å²) in [6, 6.07) is 7.79. The highest BCUT2D eigenvalue weighted by atomic mass is 16.5. The number of hydrogen-bond donors (Lipinski definition) is 1. The van der Waals surface area contributed by atoms with Gasteiger partial charge in [0.1, 0.15) is 5.75 Å². The van der Waals surface area contributed by atoms with Crippen LogP contribution < -0.4 is 4.74 Å². The Kier molecular flexibility index (Phi) is 14.5. The molecule has 0 saturated heterocycles. The summed E-state index contributed by atoms with van der Waals surface area (Å²) in [7, 11) is 0. The van der Waals surface area contributed by atoms with E-state index in [0.29, 0.717) is 6.42 Å². The molecule has 1 N–H and O–H groups in total. The molecule has 0 heterocycles. The smallest absolute Gasteiger partial charge is 0.303 e. The van der Waals surface area contributed by atoms with Gasteiger partial charge in [0.15, 0.2) is 0 Å². The standard InChI is InChI=1S/C24H40O3/c1-2-3-4-5-6-7-8-9-10-11-12-13-16-21-27-23-18-15-14-17-22(23)19-20-24(25)26/h14-15,17-18H,2-13,16,19-21H2,1H3,(H,25,26). The van der Waals surface area contributed by atoms with Gasteiger partial charge in [-0.15, -0.1) is 0 Å². The molecule has 0 atom stereocenters. The van der Waals surface area contributed by atoms with E-state index in [2.05, 4.69) is 6.92 Å². The zero-order valence-electron chi connectivity index (χ0n) is 17.4. The van der Waals surface area contributed by atoms with Gasteiger partial charge >= 0.3 is 5.97 Å². The summed E-state index contributed by atoms with van der Waals surface area (Å²) in [4.78, 5) is 10.7. The molecule has 1 aromatic carbocycles. The molecule has 0 spiro atoms. The van der Waals surface area contributed by atoms with Gasteiger partial charge in [0.25, 0.3) is 0 Å². The summed E-state index contributed by atoms with van der Waals surface area (Å²) in [6.45, 7) is 3.00. The average Bonchev–Trinajstić information content (AvgIpc) is 2.67. The van der Waals surface area contributed by atoms with Crippen molar-refractivity contribution in [3.63, 3.8) is 0 Å². The van der Waals surface area contributed by atoms with Crippen LogP contribution in [0.3, 0.4) is 0 Å². The first-order valence-electron chi connectivity index (χ1n) is 11.2. The maximum absolute atomic E-state index is 10.7. The Morgan fingerprint density at radius 1 is 0.815 bits per heavy atom. The van der Waals surface area contributed by atoms with Crippen molar-refractivity contribution in [3.05, 3.63) is 29.8 Å². The fraction of sp³-hybridized carbons (Fsp3) is 0.708. The van der Waals surface area contributed by atoms with Crippen molar-refractivity contribution in [2.24, 2.45) is 0 Å². The minimum absolute atomic E-state index is 0.152. The molecule has 27 heavy (non-hydrogen) atoms. The minimum Gasteiger partial charge on any atom is -0.493 e. The van der Waals surface area contributed by atoms with E-state index in [4.69, 9.17) is 9.84 Å². The molecule has 1 aromatic rings. The van der Waals surface area contributed by atoms with Gasteiger partial charge < -0.3 is 9.84 Å². The van der Waals surface area contributed by atoms with Crippen molar-refractivity contribution >= 4 is 5.97 Å². The number of ether oxygens (including phenoxy) is 1. The van der Waals surface area contributed by atoms with Crippen molar-refractivity contribution in [3.8, 4) is 5.75 Å². The summed E-state index contributed by atoms with van der Waals surface area (Å²) >= 11 is 0. The third-order valence-corrected chi connectivity index (χ3v) is 5.09. The topological polar surface area (TPSA) is 46.5 Å². The molecule has 3 nitrogen and oxygen atoms in total. The van der Waals surface area contributed by atoms with E-state index in [1.807, 2.05) is 24.3 Å². The predicted octanol–water partition coefficient (Wildman–Crippen LogP) is 7.17. The second-order valence-electron chi connectivity index (χ2n) is 7.59. The first kappa shape index (κ1) is 23.5. The molecule has 0 aliphatic rings. The van der Waals surface area contributed by atoms with Gasteiger partial charge in [0.05, 0.1) is 6.61 Å². The molecule has 0 radical (unpaired) electrons. The molecule has 0 bridgehead atoms. The number of benzene rings is 1. The van der Waals surface area contributed by atoms with Crippen LogP contribution in [0.2, 0.25) is 0 Å². The van der Waals surface area contributed by atoms with E-state index in [9.17, 15) is 4.79 Å². The molecule has 0 saturated carbocycles. The molecule has 154 valence electrons. The monoisotopic (exact) mass is 376 g/mol. The number of aryl methyl sites for hydroxylation is 1. The van der Waals surface area contributed by atoms with Crippen LogP contribution in [-0.2, 0) is 11.2 Å². The first-order valence-corrected chi connectivity index (χ1v) is 11.2. The molecule has 0 aliphatic heterocycles. The van der Waals surface area contributed by atoms with Gasteiger partial charge in [-0.3, -0.25) is 4.79 Å². The highest BCUT2D eigenvalue weighted by molar-refractivity contribution is 5.67. The number of carbonyl (C=O) groups is 1. The lowest BCUT2D eigenvalue weighted by Crippen LogP contribution is -2.02. The summed E-state index contributed by atoms with van der Waals surface area (Å²) in [5, 5.41) is 8.83. The highest BCUT2D eigenvalue weighted by Crippen LogP contribution is 2.20. The number of para-hydroxylation sites is 1. The highest BCUT2D eigenvalue weighted by Gasteiger charge is 2.05. The largest absolute Gasteiger partial charge is 0.493 e. The third kappa shape index (κ3) is 13.3. The van der Waals surface area contributed by atoms with Crippen molar-refractivity contribution in [1.29, 1.82) is 0 Å². The lowest BCUT2D eigenvalue weighted by molar-refractivity contribution is -0.136. The van der Waals surface area contributed by atoms with Crippen molar-refractivity contribution in [2.75, 3.05) is 6.61 Å². The SMILES string of the molecule is CCCCCCCCCCCCCCCOc1ccccc1CCC(=O)O. The molecule has 0 fully saturated rings. The third-order valence-electron chi connectivity index (χ3n) is 5.09. The Morgan fingerprint density at radius 2 is 1.33 bits per heavy atom. The normalized spacial score (nSPS) is 10.9. The number of aliphatic carboxylic acids is 1. The van der Waals surface area contributed by atoms with E-state index in [0.717, 1.165) is 24.3 Å². The van der Waals surface area contributed by atoms with E-state index < -0.39 is 5.97 Å². The predicted molar refractivity (Wildman–Crippen MR) is 114 cm³/mol. The molecule has 0 aliphatic carbocycles. The Hall–Kier alpha value is -1.51. The van der Waals surface area contributed by atoms with Crippen LogP contribution in [0, 0.1) is 0 Å². The second kappa shape index (κ2) is 16.6. The second-order valence-corrected chi connectivity index (χ2v) is 7.59. The maximum atomic E-state index is 10.7. The molecule has 1 rings (SSSR count). The molecule has 0 unspecified atom stereocenters.